The van der Waals surface area contributed by atoms with Gasteiger partial charge in [0.1, 0.15) is 5.75 Å². The standard InChI is InChI=1S/C41H31Cl2F3N4O5/c1-3-21-7-13-25(14-8-21)49-36(52)27-16-15-26-29(32(27)38(49)54)18-30-37(53)50(48-35-31(43)17-23(19-47-35)41(44,45)46)39(55)40(30,22-9-11-24(42)12-10-22)33(26)28-6-4-5-20(2)34(28)51/h3-15,17,19,27,29-30,32-33,51H,1,16,18H2,2H3,(H,47,48). The summed E-state index contributed by atoms with van der Waals surface area (Å²) in [5, 5.41) is 12.3. The number of para-hydroxylation sites is 1. The van der Waals surface area contributed by atoms with Crippen LogP contribution in [-0.2, 0) is 30.8 Å². The summed E-state index contributed by atoms with van der Waals surface area (Å²) in [5.74, 6) is -7.53. The maximum atomic E-state index is 15.3. The van der Waals surface area contributed by atoms with E-state index >= 15 is 4.79 Å². The number of carbonyl (C=O) groups excluding carboxylic acids is 4. The highest BCUT2D eigenvalue weighted by molar-refractivity contribution is 6.33. The minimum Gasteiger partial charge on any atom is -0.507 e. The number of halogens is 5. The number of alkyl halides is 3. The summed E-state index contributed by atoms with van der Waals surface area (Å²) in [5.41, 5.74) is 2.67. The molecule has 0 bridgehead atoms. The molecule has 280 valence electrons. The van der Waals surface area contributed by atoms with E-state index in [1.165, 1.54) is 4.90 Å². The van der Waals surface area contributed by atoms with Crippen LogP contribution in [0.2, 0.25) is 10.0 Å². The molecule has 8 rings (SSSR count). The zero-order chi connectivity index (χ0) is 39.1. The van der Waals surface area contributed by atoms with Crippen LogP contribution in [0.3, 0.4) is 0 Å². The van der Waals surface area contributed by atoms with Crippen LogP contribution in [0.25, 0.3) is 6.08 Å². The zero-order valence-corrected chi connectivity index (χ0v) is 30.5. The second-order valence-electron chi connectivity index (χ2n) is 14.2. The highest BCUT2D eigenvalue weighted by Gasteiger charge is 2.70. The average Bonchev–Trinajstić information content (AvgIpc) is 3.54. The van der Waals surface area contributed by atoms with Gasteiger partial charge in [-0.2, -0.15) is 18.2 Å². The Hall–Kier alpha value is -5.46. The highest BCUT2D eigenvalue weighted by atomic mass is 35.5. The number of hydrogen-bond acceptors (Lipinski definition) is 7. The Labute approximate surface area is 323 Å². The molecular formula is C41H31Cl2F3N4O5. The molecule has 2 aliphatic carbocycles. The lowest BCUT2D eigenvalue weighted by Gasteiger charge is -2.50. The van der Waals surface area contributed by atoms with Gasteiger partial charge in [0, 0.05) is 22.7 Å². The fourth-order valence-electron chi connectivity index (χ4n) is 9.06. The number of carbonyl (C=O) groups is 4. The molecule has 2 saturated heterocycles. The largest absolute Gasteiger partial charge is 0.507 e. The van der Waals surface area contributed by atoms with Gasteiger partial charge < -0.3 is 5.11 Å². The van der Waals surface area contributed by atoms with Gasteiger partial charge in [-0.1, -0.05) is 90.0 Å². The fourth-order valence-corrected chi connectivity index (χ4v) is 9.39. The number of allylic oxidation sites excluding steroid dienone is 2. The molecule has 4 aromatic rings. The van der Waals surface area contributed by atoms with Crippen LogP contribution in [0.4, 0.5) is 24.7 Å². The van der Waals surface area contributed by atoms with Crippen molar-refractivity contribution in [1.29, 1.82) is 0 Å². The Morgan fingerprint density at radius 2 is 1.67 bits per heavy atom. The maximum absolute atomic E-state index is 15.3. The average molecular weight is 788 g/mol. The van der Waals surface area contributed by atoms with Gasteiger partial charge in [0.15, 0.2) is 5.82 Å². The fraction of sp³-hybridized carbons (Fsp3) is 0.244. The van der Waals surface area contributed by atoms with Crippen molar-refractivity contribution in [2.45, 2.75) is 37.3 Å². The zero-order valence-electron chi connectivity index (χ0n) is 29.0. The number of rotatable bonds is 6. The Balaban J connectivity index is 1.31. The molecule has 3 fully saturated rings. The first kappa shape index (κ1) is 36.5. The van der Waals surface area contributed by atoms with Gasteiger partial charge in [0.25, 0.3) is 11.8 Å². The summed E-state index contributed by atoms with van der Waals surface area (Å²) in [6.07, 6.45) is -0.628. The second kappa shape index (κ2) is 13.1. The molecule has 1 aromatic heterocycles. The number of benzene rings is 3. The number of amides is 4. The Kier molecular flexibility index (Phi) is 8.69. The van der Waals surface area contributed by atoms with Gasteiger partial charge in [-0.05, 0) is 72.7 Å². The minimum atomic E-state index is -4.75. The third-order valence-electron chi connectivity index (χ3n) is 11.5. The van der Waals surface area contributed by atoms with Crippen LogP contribution < -0.4 is 10.3 Å². The molecule has 55 heavy (non-hydrogen) atoms. The number of anilines is 2. The van der Waals surface area contributed by atoms with E-state index in [-0.39, 0.29) is 30.3 Å². The van der Waals surface area contributed by atoms with Crippen LogP contribution in [0.5, 0.6) is 5.75 Å². The first-order chi connectivity index (χ1) is 26.2. The SMILES string of the molecule is C=Cc1ccc(N2C(=O)C3CC=C4C(CC5C(=O)N(Nc6ncc(C(F)(F)F)cc6Cl)C(=O)C5(c5ccc(Cl)cc5)C4c4cccc(C)c4O)C3C2=O)cc1. The lowest BCUT2D eigenvalue weighted by Crippen LogP contribution is -2.53. The number of fused-ring (bicyclic) bond motifs is 4. The number of aromatic hydroxyl groups is 1. The first-order valence-corrected chi connectivity index (χ1v) is 18.2. The predicted octanol–water partition coefficient (Wildman–Crippen LogP) is 8.25. The van der Waals surface area contributed by atoms with E-state index in [4.69, 9.17) is 23.2 Å². The second-order valence-corrected chi connectivity index (χ2v) is 15.1. The number of nitrogens with zero attached hydrogens (tertiary/aromatic N) is 3. The lowest BCUT2D eigenvalue weighted by molar-refractivity contribution is -0.139. The highest BCUT2D eigenvalue weighted by Crippen LogP contribution is 2.65. The number of hydrazine groups is 1. The van der Waals surface area contributed by atoms with Crippen molar-refractivity contribution in [3.8, 4) is 5.75 Å². The van der Waals surface area contributed by atoms with E-state index in [1.54, 1.807) is 79.7 Å². The summed E-state index contributed by atoms with van der Waals surface area (Å²) in [4.78, 5) is 63.7. The number of phenolic OH excluding ortho intramolecular Hbond substituents is 1. The molecule has 4 amide bonds. The van der Waals surface area contributed by atoms with Crippen molar-refractivity contribution >= 4 is 64.4 Å². The first-order valence-electron chi connectivity index (χ1n) is 17.4. The third-order valence-corrected chi connectivity index (χ3v) is 12.1. The van der Waals surface area contributed by atoms with Crippen LogP contribution in [0, 0.1) is 30.6 Å². The Morgan fingerprint density at radius 1 is 0.964 bits per heavy atom. The van der Waals surface area contributed by atoms with Crippen molar-refractivity contribution in [2.24, 2.45) is 23.7 Å². The van der Waals surface area contributed by atoms with Crippen molar-refractivity contribution in [1.82, 2.24) is 9.99 Å². The molecule has 3 aromatic carbocycles. The molecule has 9 nitrogen and oxygen atoms in total. The summed E-state index contributed by atoms with van der Waals surface area (Å²) >= 11 is 12.6. The third kappa shape index (κ3) is 5.48. The number of nitrogens with one attached hydrogen (secondary N) is 1. The number of aryl methyl sites for hydroxylation is 1. The monoisotopic (exact) mass is 786 g/mol. The molecule has 1 saturated carbocycles. The quantitative estimate of drug-likeness (QED) is 0.149. The van der Waals surface area contributed by atoms with Crippen LogP contribution in [-0.4, -0.2) is 38.7 Å². The molecule has 6 unspecified atom stereocenters. The Morgan fingerprint density at radius 3 is 2.33 bits per heavy atom. The van der Waals surface area contributed by atoms with Gasteiger partial charge in [-0.3, -0.25) is 29.5 Å². The summed E-state index contributed by atoms with van der Waals surface area (Å²) in [6, 6.07) is 18.9. The molecule has 3 heterocycles. The van der Waals surface area contributed by atoms with Gasteiger partial charge in [0.2, 0.25) is 11.8 Å². The molecule has 14 heteroatoms. The summed E-state index contributed by atoms with van der Waals surface area (Å²) in [6.45, 7) is 5.46. The van der Waals surface area contributed by atoms with Crippen molar-refractivity contribution in [3.63, 3.8) is 0 Å². The van der Waals surface area contributed by atoms with Crippen LogP contribution in [0.15, 0.2) is 97.2 Å². The van der Waals surface area contributed by atoms with Crippen LogP contribution in [0.1, 0.15) is 46.6 Å². The normalized spacial score (nSPS) is 26.1. The minimum absolute atomic E-state index is 0.0576. The predicted molar refractivity (Wildman–Crippen MR) is 199 cm³/mol. The van der Waals surface area contributed by atoms with E-state index in [1.807, 2.05) is 6.08 Å². The van der Waals surface area contributed by atoms with Gasteiger partial charge in [-0.15, -0.1) is 0 Å². The van der Waals surface area contributed by atoms with E-state index in [9.17, 15) is 32.7 Å². The lowest BCUT2D eigenvalue weighted by atomic mass is 9.49. The molecule has 0 spiro atoms. The number of pyridine rings is 1. The van der Waals surface area contributed by atoms with Gasteiger partial charge in [-0.25, -0.2) is 4.98 Å². The molecule has 2 aliphatic heterocycles. The van der Waals surface area contributed by atoms with Crippen molar-refractivity contribution < 1.29 is 37.5 Å². The topological polar surface area (TPSA) is 120 Å². The number of aromatic nitrogens is 1. The van der Waals surface area contributed by atoms with Crippen molar-refractivity contribution in [3.05, 3.63) is 135 Å². The van der Waals surface area contributed by atoms with E-state index < -0.39 is 69.5 Å². The number of imide groups is 2. The van der Waals surface area contributed by atoms with E-state index in [0.717, 1.165) is 5.56 Å². The van der Waals surface area contributed by atoms with Gasteiger partial charge in [0.05, 0.1) is 39.4 Å². The molecule has 4 aliphatic rings. The smallest absolute Gasteiger partial charge is 0.417 e. The van der Waals surface area contributed by atoms with Crippen molar-refractivity contribution in [2.75, 3.05) is 10.3 Å². The molecule has 6 atom stereocenters. The maximum Gasteiger partial charge on any atom is 0.417 e. The summed E-state index contributed by atoms with van der Waals surface area (Å²) in [7, 11) is 0. The van der Waals surface area contributed by atoms with E-state index in [0.29, 0.717) is 50.2 Å². The van der Waals surface area contributed by atoms with Gasteiger partial charge >= 0.3 is 6.18 Å². The number of hydrogen-bond donors (Lipinski definition) is 2. The number of phenols is 1. The Bertz CT molecular complexity index is 2350. The molecule has 2 N–H and O–H groups in total. The molecular weight excluding hydrogens is 756 g/mol. The van der Waals surface area contributed by atoms with E-state index in [2.05, 4.69) is 17.0 Å². The molecule has 0 radical (unpaired) electrons. The van der Waals surface area contributed by atoms with Crippen LogP contribution >= 0.6 is 23.2 Å². The summed E-state index contributed by atoms with van der Waals surface area (Å²) < 4.78 is 40.4.